The minimum Gasteiger partial charge on any atom is -0.439 e. The van der Waals surface area contributed by atoms with E-state index in [-0.39, 0.29) is 0 Å². The first kappa shape index (κ1) is 14.3. The lowest BCUT2D eigenvalue weighted by molar-refractivity contribution is 0.458. The zero-order valence-corrected chi connectivity index (χ0v) is 12.1. The van der Waals surface area contributed by atoms with E-state index in [2.05, 4.69) is 41.4 Å². The number of aryl methyl sites for hydroxylation is 1. The number of benzene rings is 1. The average Bonchev–Trinajstić information content (AvgIpc) is 2.49. The van der Waals surface area contributed by atoms with Crippen molar-refractivity contribution in [3.63, 3.8) is 0 Å². The van der Waals surface area contributed by atoms with Gasteiger partial charge in [0.25, 0.3) is 0 Å². The number of hydrogen-bond donors (Lipinski definition) is 2. The van der Waals surface area contributed by atoms with Crippen LogP contribution in [-0.2, 0) is 0 Å². The third-order valence-corrected chi connectivity index (χ3v) is 3.33. The Morgan fingerprint density at radius 1 is 1.30 bits per heavy atom. The summed E-state index contributed by atoms with van der Waals surface area (Å²) in [4.78, 5) is 8.21. The van der Waals surface area contributed by atoms with Crippen LogP contribution in [0.2, 0.25) is 0 Å². The predicted molar refractivity (Wildman–Crippen MR) is 79.8 cm³/mol. The highest BCUT2D eigenvalue weighted by Crippen LogP contribution is 2.26. The zero-order chi connectivity index (χ0) is 14.5. The Balaban J connectivity index is 2.17. The summed E-state index contributed by atoms with van der Waals surface area (Å²) in [6.45, 7) is 6.29. The molecule has 3 N–H and O–H groups in total. The van der Waals surface area contributed by atoms with Gasteiger partial charge >= 0.3 is 0 Å². The van der Waals surface area contributed by atoms with E-state index in [9.17, 15) is 0 Å². The summed E-state index contributed by atoms with van der Waals surface area (Å²) >= 11 is 0. The second-order valence-electron chi connectivity index (χ2n) is 4.81. The van der Waals surface area contributed by atoms with Gasteiger partial charge in [-0.3, -0.25) is 5.43 Å². The van der Waals surface area contributed by atoms with E-state index in [1.807, 2.05) is 19.1 Å². The van der Waals surface area contributed by atoms with Crippen LogP contribution in [0.4, 0.5) is 5.95 Å². The van der Waals surface area contributed by atoms with Gasteiger partial charge < -0.3 is 4.74 Å². The maximum atomic E-state index is 5.77. The van der Waals surface area contributed by atoms with Crippen LogP contribution in [0.3, 0.4) is 0 Å². The Morgan fingerprint density at radius 2 is 2.00 bits per heavy atom. The Bertz CT molecular complexity index is 569. The number of nitrogens with one attached hydrogen (secondary N) is 1. The second-order valence-corrected chi connectivity index (χ2v) is 4.81. The van der Waals surface area contributed by atoms with E-state index < -0.39 is 0 Å². The van der Waals surface area contributed by atoms with Crippen LogP contribution in [0.5, 0.6) is 11.6 Å². The number of ether oxygens (including phenoxy) is 1. The molecule has 0 radical (unpaired) electrons. The smallest absolute Gasteiger partial charge is 0.240 e. The summed E-state index contributed by atoms with van der Waals surface area (Å²) in [5.74, 6) is 7.44. The number of rotatable bonds is 5. The summed E-state index contributed by atoms with van der Waals surface area (Å²) in [6, 6.07) is 8.08. The van der Waals surface area contributed by atoms with Crippen LogP contribution >= 0.6 is 0 Å². The van der Waals surface area contributed by atoms with Gasteiger partial charge in [0, 0.05) is 11.8 Å². The van der Waals surface area contributed by atoms with Crippen molar-refractivity contribution in [3.8, 4) is 11.6 Å². The highest BCUT2D eigenvalue weighted by Gasteiger charge is 2.07. The quantitative estimate of drug-likeness (QED) is 0.645. The molecule has 0 fully saturated rings. The van der Waals surface area contributed by atoms with Gasteiger partial charge in [-0.1, -0.05) is 26.0 Å². The summed E-state index contributed by atoms with van der Waals surface area (Å²) in [5.41, 5.74) is 4.58. The standard InChI is InChI=1S/C15H20N4O/c1-4-10(2)12-5-7-13(8-6-12)20-14-11(3)9-17-15(18-14)19-16/h5-10H,4,16H2,1-3H3,(H,17,18,19). The molecule has 1 aromatic heterocycles. The molecule has 0 spiro atoms. The first-order valence-corrected chi connectivity index (χ1v) is 6.72. The number of nitrogens with two attached hydrogens (primary N) is 1. The van der Waals surface area contributed by atoms with E-state index >= 15 is 0 Å². The molecule has 5 heteroatoms. The Hall–Kier alpha value is -2.14. The number of hydrazine groups is 1. The minimum absolute atomic E-state index is 0.335. The van der Waals surface area contributed by atoms with E-state index in [1.165, 1.54) is 5.56 Å². The number of anilines is 1. The van der Waals surface area contributed by atoms with E-state index in [0.29, 0.717) is 17.7 Å². The van der Waals surface area contributed by atoms with E-state index in [0.717, 1.165) is 17.7 Å². The highest BCUT2D eigenvalue weighted by molar-refractivity contribution is 5.36. The fourth-order valence-corrected chi connectivity index (χ4v) is 1.81. The minimum atomic E-state index is 0.335. The maximum Gasteiger partial charge on any atom is 0.240 e. The molecule has 0 amide bonds. The third-order valence-electron chi connectivity index (χ3n) is 3.33. The van der Waals surface area contributed by atoms with Crippen LogP contribution in [-0.4, -0.2) is 9.97 Å². The van der Waals surface area contributed by atoms with Gasteiger partial charge in [0.15, 0.2) is 0 Å². The van der Waals surface area contributed by atoms with Crippen molar-refractivity contribution >= 4 is 5.95 Å². The van der Waals surface area contributed by atoms with Crippen LogP contribution < -0.4 is 16.0 Å². The number of nitrogen functional groups attached to an aromatic ring is 1. The van der Waals surface area contributed by atoms with Gasteiger partial charge in [-0.15, -0.1) is 0 Å². The maximum absolute atomic E-state index is 5.77. The van der Waals surface area contributed by atoms with Gasteiger partial charge in [-0.25, -0.2) is 10.8 Å². The van der Waals surface area contributed by atoms with Crippen molar-refractivity contribution in [2.75, 3.05) is 5.43 Å². The largest absolute Gasteiger partial charge is 0.439 e. The molecule has 2 aromatic rings. The Labute approximate surface area is 119 Å². The summed E-state index contributed by atoms with van der Waals surface area (Å²) in [7, 11) is 0. The lowest BCUT2D eigenvalue weighted by Gasteiger charge is -2.11. The van der Waals surface area contributed by atoms with Gasteiger partial charge in [0.2, 0.25) is 11.8 Å². The van der Waals surface area contributed by atoms with Gasteiger partial charge in [0.05, 0.1) is 0 Å². The van der Waals surface area contributed by atoms with E-state index in [1.54, 1.807) is 6.20 Å². The molecule has 0 aliphatic carbocycles. The van der Waals surface area contributed by atoms with Crippen LogP contribution in [0.25, 0.3) is 0 Å². The monoisotopic (exact) mass is 272 g/mol. The lowest BCUT2D eigenvalue weighted by atomic mass is 9.99. The highest BCUT2D eigenvalue weighted by atomic mass is 16.5. The first-order valence-electron chi connectivity index (χ1n) is 6.72. The molecule has 0 bridgehead atoms. The van der Waals surface area contributed by atoms with Crippen molar-refractivity contribution in [2.45, 2.75) is 33.1 Å². The second kappa shape index (κ2) is 6.34. The summed E-state index contributed by atoms with van der Waals surface area (Å²) in [6.07, 6.45) is 2.79. The molecule has 20 heavy (non-hydrogen) atoms. The van der Waals surface area contributed by atoms with Gasteiger partial charge in [-0.2, -0.15) is 4.98 Å². The molecule has 1 heterocycles. The number of aromatic nitrogens is 2. The molecule has 0 saturated heterocycles. The lowest BCUT2D eigenvalue weighted by Crippen LogP contribution is -2.11. The van der Waals surface area contributed by atoms with Crippen molar-refractivity contribution in [1.29, 1.82) is 0 Å². The molecule has 1 unspecified atom stereocenters. The molecule has 0 saturated carbocycles. The fraction of sp³-hybridized carbons (Fsp3) is 0.333. The average molecular weight is 272 g/mol. The fourth-order valence-electron chi connectivity index (χ4n) is 1.81. The van der Waals surface area contributed by atoms with E-state index in [4.69, 9.17) is 10.6 Å². The molecule has 2 rings (SSSR count). The van der Waals surface area contributed by atoms with Crippen molar-refractivity contribution in [3.05, 3.63) is 41.6 Å². The van der Waals surface area contributed by atoms with Gasteiger partial charge in [-0.05, 0) is 37.0 Å². The topological polar surface area (TPSA) is 73.1 Å². The first-order chi connectivity index (χ1) is 9.63. The molecule has 0 aliphatic heterocycles. The molecule has 106 valence electrons. The Morgan fingerprint density at radius 3 is 2.60 bits per heavy atom. The molecule has 5 nitrogen and oxygen atoms in total. The van der Waals surface area contributed by atoms with Crippen molar-refractivity contribution < 1.29 is 4.74 Å². The van der Waals surface area contributed by atoms with Crippen LogP contribution in [0.1, 0.15) is 37.3 Å². The molecular formula is C15H20N4O. The third kappa shape index (κ3) is 3.24. The SMILES string of the molecule is CCC(C)c1ccc(Oc2nc(NN)ncc2C)cc1. The number of nitrogens with zero attached hydrogens (tertiary/aromatic N) is 2. The van der Waals surface area contributed by atoms with Crippen molar-refractivity contribution in [2.24, 2.45) is 5.84 Å². The van der Waals surface area contributed by atoms with Crippen molar-refractivity contribution in [1.82, 2.24) is 9.97 Å². The molecular weight excluding hydrogens is 252 g/mol. The van der Waals surface area contributed by atoms with Crippen LogP contribution in [0.15, 0.2) is 30.5 Å². The summed E-state index contributed by atoms with van der Waals surface area (Å²) < 4.78 is 5.77. The van der Waals surface area contributed by atoms with Gasteiger partial charge in [0.1, 0.15) is 5.75 Å². The number of hydrogen-bond acceptors (Lipinski definition) is 5. The molecule has 0 aliphatic rings. The van der Waals surface area contributed by atoms with Crippen LogP contribution in [0, 0.1) is 6.92 Å². The molecule has 1 atom stereocenters. The summed E-state index contributed by atoms with van der Waals surface area (Å²) in [5, 5.41) is 0. The zero-order valence-electron chi connectivity index (χ0n) is 12.1. The predicted octanol–water partition coefficient (Wildman–Crippen LogP) is 3.38. The Kier molecular flexibility index (Phi) is 4.53. The normalized spacial score (nSPS) is 12.0. The molecule has 1 aromatic carbocycles.